The average molecular weight is 457 g/mol. The summed E-state index contributed by atoms with van der Waals surface area (Å²) in [6, 6.07) is 15.6. The number of nitrogens with one attached hydrogen (secondary N) is 2. The summed E-state index contributed by atoms with van der Waals surface area (Å²) < 4.78 is 1.74. The maximum Gasteiger partial charge on any atom is 0.325 e. The first kappa shape index (κ1) is 22.7. The Morgan fingerprint density at radius 1 is 1.09 bits per heavy atom. The molecule has 1 saturated heterocycles. The molecule has 0 saturated carbocycles. The molecule has 4 amide bonds. The molecule has 9 nitrogen and oxygen atoms in total. The van der Waals surface area contributed by atoms with Gasteiger partial charge in [-0.1, -0.05) is 29.8 Å². The lowest BCUT2D eigenvalue weighted by molar-refractivity contribution is -0.133. The highest BCUT2D eigenvalue weighted by atomic mass is 16.2. The number of amides is 4. The molecule has 3 aromatic rings. The zero-order chi connectivity index (χ0) is 24.6. The molecule has 9 heteroatoms. The van der Waals surface area contributed by atoms with Crippen LogP contribution >= 0.6 is 0 Å². The van der Waals surface area contributed by atoms with Crippen LogP contribution in [-0.2, 0) is 15.1 Å². The van der Waals surface area contributed by atoms with E-state index in [1.165, 1.54) is 0 Å². The fourth-order valence-electron chi connectivity index (χ4n) is 4.00. The van der Waals surface area contributed by atoms with Gasteiger partial charge in [-0.05, 0) is 57.5 Å². The van der Waals surface area contributed by atoms with E-state index < -0.39 is 29.9 Å². The Morgan fingerprint density at radius 3 is 2.35 bits per heavy atom. The molecule has 1 fully saturated rings. The van der Waals surface area contributed by atoms with Crippen LogP contribution in [-0.4, -0.2) is 39.1 Å². The summed E-state index contributed by atoms with van der Waals surface area (Å²) in [4.78, 5) is 39.4. The zero-order valence-corrected chi connectivity index (χ0v) is 19.3. The largest absolute Gasteiger partial charge is 0.325 e. The second-order valence-electron chi connectivity index (χ2n) is 8.48. The van der Waals surface area contributed by atoms with Gasteiger partial charge in [0.1, 0.15) is 12.1 Å². The molecule has 4 rings (SSSR count). The van der Waals surface area contributed by atoms with Gasteiger partial charge in [0.25, 0.3) is 5.91 Å². The van der Waals surface area contributed by atoms with Crippen LogP contribution in [0.25, 0.3) is 5.69 Å². The molecule has 0 radical (unpaired) electrons. The van der Waals surface area contributed by atoms with Gasteiger partial charge < -0.3 is 10.6 Å². The van der Waals surface area contributed by atoms with Crippen molar-refractivity contribution in [3.63, 3.8) is 0 Å². The molecule has 0 aliphatic carbocycles. The van der Waals surface area contributed by atoms with Gasteiger partial charge in [-0.2, -0.15) is 10.4 Å². The highest BCUT2D eigenvalue weighted by Gasteiger charge is 2.49. The highest BCUT2D eigenvalue weighted by molar-refractivity contribution is 6.10. The second kappa shape index (κ2) is 8.48. The van der Waals surface area contributed by atoms with Gasteiger partial charge in [0.05, 0.1) is 34.4 Å². The SMILES string of the molecule is Cc1ccc(-n2nc(C)c(NC(=O)CN3C(=O)NC(C)(c4ccc(C#N)cc4)C3=O)c2C)cc1. The minimum Gasteiger partial charge on any atom is -0.321 e. The summed E-state index contributed by atoms with van der Waals surface area (Å²) in [7, 11) is 0. The van der Waals surface area contributed by atoms with Crippen LogP contribution in [0.4, 0.5) is 10.5 Å². The minimum absolute atomic E-state index is 0.439. The predicted molar refractivity (Wildman–Crippen MR) is 125 cm³/mol. The Morgan fingerprint density at radius 2 is 1.74 bits per heavy atom. The number of imide groups is 1. The second-order valence-corrected chi connectivity index (χ2v) is 8.48. The molecule has 2 aromatic carbocycles. The van der Waals surface area contributed by atoms with Gasteiger partial charge in [0.15, 0.2) is 0 Å². The van der Waals surface area contributed by atoms with Crippen molar-refractivity contribution in [3.8, 4) is 11.8 Å². The third kappa shape index (κ3) is 3.90. The van der Waals surface area contributed by atoms with Gasteiger partial charge in [-0.15, -0.1) is 0 Å². The number of nitrogens with zero attached hydrogens (tertiary/aromatic N) is 4. The number of hydrogen-bond acceptors (Lipinski definition) is 5. The topological polar surface area (TPSA) is 120 Å². The summed E-state index contributed by atoms with van der Waals surface area (Å²) in [6.07, 6.45) is 0. The molecule has 172 valence electrons. The molecule has 1 atom stereocenters. The van der Waals surface area contributed by atoms with Crippen molar-refractivity contribution < 1.29 is 14.4 Å². The maximum absolute atomic E-state index is 13.1. The average Bonchev–Trinajstić information content (AvgIpc) is 3.22. The Labute approximate surface area is 197 Å². The van der Waals surface area contributed by atoms with Crippen molar-refractivity contribution in [1.82, 2.24) is 20.0 Å². The number of urea groups is 1. The minimum atomic E-state index is -1.33. The number of benzene rings is 2. The fraction of sp³-hybridized carbons (Fsp3) is 0.240. The van der Waals surface area contributed by atoms with E-state index in [1.54, 1.807) is 42.8 Å². The van der Waals surface area contributed by atoms with Crippen LogP contribution in [0.3, 0.4) is 0 Å². The number of aryl methyl sites for hydroxylation is 2. The molecule has 1 aliphatic heterocycles. The molecule has 2 N–H and O–H groups in total. The van der Waals surface area contributed by atoms with E-state index >= 15 is 0 Å². The molecule has 0 spiro atoms. The van der Waals surface area contributed by atoms with Crippen molar-refractivity contribution in [2.75, 3.05) is 11.9 Å². The molecule has 0 bridgehead atoms. The molecule has 1 aliphatic rings. The van der Waals surface area contributed by atoms with Gasteiger partial charge in [0, 0.05) is 0 Å². The molecule has 1 unspecified atom stereocenters. The maximum atomic E-state index is 13.1. The van der Waals surface area contributed by atoms with Crippen LogP contribution in [0.5, 0.6) is 0 Å². The Hall–Kier alpha value is -4.45. The number of anilines is 1. The van der Waals surface area contributed by atoms with E-state index in [0.717, 1.165) is 21.8 Å². The van der Waals surface area contributed by atoms with Gasteiger partial charge in [0.2, 0.25) is 5.91 Å². The van der Waals surface area contributed by atoms with Crippen LogP contribution < -0.4 is 10.6 Å². The molecular formula is C25H24N6O3. The number of aromatic nitrogens is 2. The zero-order valence-electron chi connectivity index (χ0n) is 19.3. The number of rotatable bonds is 5. The summed E-state index contributed by atoms with van der Waals surface area (Å²) in [5.41, 5.74) is 3.51. The van der Waals surface area contributed by atoms with Crippen LogP contribution in [0.1, 0.15) is 35.0 Å². The lowest BCUT2D eigenvalue weighted by atomic mass is 9.91. The summed E-state index contributed by atoms with van der Waals surface area (Å²) in [5, 5.41) is 19.0. The quantitative estimate of drug-likeness (QED) is 0.572. The summed E-state index contributed by atoms with van der Waals surface area (Å²) >= 11 is 0. The molecule has 34 heavy (non-hydrogen) atoms. The summed E-state index contributed by atoms with van der Waals surface area (Å²) in [6.45, 7) is 6.75. The number of nitriles is 1. The first-order chi connectivity index (χ1) is 16.1. The predicted octanol–water partition coefficient (Wildman–Crippen LogP) is 3.07. The van der Waals surface area contributed by atoms with Crippen molar-refractivity contribution in [1.29, 1.82) is 5.26 Å². The van der Waals surface area contributed by atoms with E-state index in [9.17, 15) is 14.4 Å². The van der Waals surface area contributed by atoms with Crippen molar-refractivity contribution in [2.45, 2.75) is 33.2 Å². The third-order valence-corrected chi connectivity index (χ3v) is 6.00. The third-order valence-electron chi connectivity index (χ3n) is 6.00. The fourth-order valence-corrected chi connectivity index (χ4v) is 4.00. The first-order valence-corrected chi connectivity index (χ1v) is 10.7. The molecular weight excluding hydrogens is 432 g/mol. The first-order valence-electron chi connectivity index (χ1n) is 10.7. The monoisotopic (exact) mass is 456 g/mol. The van der Waals surface area contributed by atoms with E-state index in [4.69, 9.17) is 5.26 Å². The molecule has 2 heterocycles. The van der Waals surface area contributed by atoms with Crippen LogP contribution in [0.15, 0.2) is 48.5 Å². The normalized spacial score (nSPS) is 17.4. The summed E-state index contributed by atoms with van der Waals surface area (Å²) in [5.74, 6) is -1.05. The van der Waals surface area contributed by atoms with Crippen molar-refractivity contribution in [3.05, 3.63) is 76.6 Å². The lowest BCUT2D eigenvalue weighted by Crippen LogP contribution is -2.42. The van der Waals surface area contributed by atoms with Crippen LogP contribution in [0.2, 0.25) is 0 Å². The van der Waals surface area contributed by atoms with E-state index in [1.807, 2.05) is 44.2 Å². The van der Waals surface area contributed by atoms with Crippen molar-refractivity contribution >= 4 is 23.5 Å². The number of carbonyl (C=O) groups is 3. The lowest BCUT2D eigenvalue weighted by Gasteiger charge is -2.22. The highest BCUT2D eigenvalue weighted by Crippen LogP contribution is 2.29. The van der Waals surface area contributed by atoms with Crippen LogP contribution in [0, 0.1) is 32.1 Å². The smallest absolute Gasteiger partial charge is 0.321 e. The van der Waals surface area contributed by atoms with Crippen molar-refractivity contribution in [2.24, 2.45) is 0 Å². The van der Waals surface area contributed by atoms with Gasteiger partial charge in [-0.3, -0.25) is 14.5 Å². The van der Waals surface area contributed by atoms with E-state index in [-0.39, 0.29) is 0 Å². The van der Waals surface area contributed by atoms with Gasteiger partial charge in [-0.25, -0.2) is 9.48 Å². The number of hydrogen-bond donors (Lipinski definition) is 2. The van der Waals surface area contributed by atoms with E-state index in [0.29, 0.717) is 22.5 Å². The Bertz CT molecular complexity index is 1330. The Kier molecular flexibility index (Phi) is 5.67. The standard InChI is InChI=1S/C25H24N6O3/c1-15-5-11-20(12-6-15)31-17(3)22(16(2)29-31)27-21(32)14-30-23(33)25(4,28-24(30)34)19-9-7-18(13-26)8-10-19/h5-12H,14H2,1-4H3,(H,27,32)(H,28,34). The Balaban J connectivity index is 1.51. The van der Waals surface area contributed by atoms with Gasteiger partial charge >= 0.3 is 6.03 Å². The number of carbonyl (C=O) groups excluding carboxylic acids is 3. The van der Waals surface area contributed by atoms with E-state index in [2.05, 4.69) is 15.7 Å². The molecule has 1 aromatic heterocycles.